The summed E-state index contributed by atoms with van der Waals surface area (Å²) in [7, 11) is 0. The van der Waals surface area contributed by atoms with Crippen molar-refractivity contribution in [1.29, 1.82) is 0 Å². The fraction of sp³-hybridized carbons (Fsp3) is 0.312. The summed E-state index contributed by atoms with van der Waals surface area (Å²) in [6, 6.07) is 5.51. The number of aromatic nitrogens is 3. The Bertz CT molecular complexity index is 886. The highest BCUT2D eigenvalue weighted by molar-refractivity contribution is 6.11. The second-order valence-electron chi connectivity index (χ2n) is 5.30. The molecule has 1 aromatic carbocycles. The molecule has 7 heteroatoms. The number of aliphatic hydroxyl groups excluding tert-OH is 1. The minimum Gasteiger partial charge on any atom is -0.465 e. The lowest BCUT2D eigenvalue weighted by atomic mass is 10.1. The molecule has 0 amide bonds. The van der Waals surface area contributed by atoms with Crippen LogP contribution >= 0.6 is 0 Å². The van der Waals surface area contributed by atoms with Crippen LogP contribution in [0, 0.1) is 0 Å². The van der Waals surface area contributed by atoms with Gasteiger partial charge in [-0.15, -0.1) is 0 Å². The zero-order valence-corrected chi connectivity index (χ0v) is 13.0. The first-order chi connectivity index (χ1) is 11.0. The number of anilines is 1. The van der Waals surface area contributed by atoms with Gasteiger partial charge in [-0.25, -0.2) is 9.97 Å². The Morgan fingerprint density at radius 3 is 2.91 bits per heavy atom. The third kappa shape index (κ3) is 2.59. The number of hydrogen-bond donors (Lipinski definition) is 2. The number of nitrogens with two attached hydrogens (primary N) is 1. The van der Waals surface area contributed by atoms with E-state index < -0.39 is 6.10 Å². The van der Waals surface area contributed by atoms with Crippen LogP contribution in [0.1, 0.15) is 25.5 Å². The van der Waals surface area contributed by atoms with Crippen molar-refractivity contribution in [2.45, 2.75) is 26.5 Å². The third-order valence-electron chi connectivity index (χ3n) is 3.77. The zero-order valence-electron chi connectivity index (χ0n) is 13.0. The van der Waals surface area contributed by atoms with Crippen LogP contribution < -0.4 is 5.73 Å². The quantitative estimate of drug-likeness (QED) is 0.712. The van der Waals surface area contributed by atoms with Crippen molar-refractivity contribution in [3.63, 3.8) is 0 Å². The van der Waals surface area contributed by atoms with Crippen molar-refractivity contribution >= 4 is 33.7 Å². The monoisotopic (exact) mass is 314 g/mol. The van der Waals surface area contributed by atoms with Gasteiger partial charge in [0, 0.05) is 5.39 Å². The number of nitrogens with zero attached hydrogens (tertiary/aromatic N) is 3. The first kappa shape index (κ1) is 15.2. The first-order valence-corrected chi connectivity index (χ1v) is 7.39. The first-order valence-electron chi connectivity index (χ1n) is 7.39. The van der Waals surface area contributed by atoms with Gasteiger partial charge in [-0.1, -0.05) is 6.07 Å². The summed E-state index contributed by atoms with van der Waals surface area (Å²) in [5, 5.41) is 11.3. The molecule has 120 valence electrons. The van der Waals surface area contributed by atoms with Gasteiger partial charge in [0.1, 0.15) is 24.3 Å². The minimum atomic E-state index is -0.603. The van der Waals surface area contributed by atoms with Crippen molar-refractivity contribution in [3.8, 4) is 0 Å². The van der Waals surface area contributed by atoms with E-state index in [4.69, 9.17) is 10.5 Å². The van der Waals surface area contributed by atoms with E-state index in [-0.39, 0.29) is 12.5 Å². The van der Waals surface area contributed by atoms with Gasteiger partial charge in [0.05, 0.1) is 23.6 Å². The second kappa shape index (κ2) is 5.85. The van der Waals surface area contributed by atoms with Crippen LogP contribution in [0.25, 0.3) is 21.9 Å². The Balaban J connectivity index is 2.28. The highest BCUT2D eigenvalue weighted by Gasteiger charge is 2.18. The van der Waals surface area contributed by atoms with Gasteiger partial charge < -0.3 is 20.1 Å². The van der Waals surface area contributed by atoms with Gasteiger partial charge in [0.15, 0.2) is 0 Å². The van der Waals surface area contributed by atoms with Crippen LogP contribution in [0.4, 0.5) is 5.82 Å². The lowest BCUT2D eigenvalue weighted by molar-refractivity contribution is -0.143. The number of carbonyl (C=O) groups excluding carboxylic acids is 1. The number of rotatable bonds is 4. The molecule has 2 aromatic heterocycles. The Hall–Kier alpha value is -2.67. The zero-order chi connectivity index (χ0) is 16.6. The van der Waals surface area contributed by atoms with E-state index in [0.717, 1.165) is 16.5 Å². The number of fused-ring (bicyclic) bond motifs is 3. The van der Waals surface area contributed by atoms with Crippen molar-refractivity contribution < 1.29 is 14.6 Å². The predicted molar refractivity (Wildman–Crippen MR) is 86.7 cm³/mol. The van der Waals surface area contributed by atoms with Crippen LogP contribution in [0.15, 0.2) is 24.5 Å². The molecule has 2 heterocycles. The largest absolute Gasteiger partial charge is 0.465 e. The molecule has 0 aliphatic heterocycles. The molecular formula is C16H18N4O3. The average molecular weight is 314 g/mol. The van der Waals surface area contributed by atoms with Crippen molar-refractivity contribution in [1.82, 2.24) is 14.5 Å². The number of ether oxygens (including phenoxy) is 1. The molecule has 3 N–H and O–H groups in total. The summed E-state index contributed by atoms with van der Waals surface area (Å²) in [6.07, 6.45) is 0.766. The number of hydrogen-bond acceptors (Lipinski definition) is 6. The van der Waals surface area contributed by atoms with Crippen LogP contribution in [0.5, 0.6) is 0 Å². The van der Waals surface area contributed by atoms with E-state index in [1.807, 2.05) is 18.2 Å². The molecule has 7 nitrogen and oxygen atoms in total. The van der Waals surface area contributed by atoms with Gasteiger partial charge in [0.25, 0.3) is 0 Å². The van der Waals surface area contributed by atoms with E-state index in [1.165, 1.54) is 6.33 Å². The molecule has 0 bridgehead atoms. The molecule has 0 saturated heterocycles. The molecule has 3 aromatic rings. The maximum atomic E-state index is 11.9. The van der Waals surface area contributed by atoms with Crippen LogP contribution in [0.3, 0.4) is 0 Å². The number of aliphatic hydroxyl groups is 1. The molecule has 3 rings (SSSR count). The average Bonchev–Trinajstić information content (AvgIpc) is 2.82. The lowest BCUT2D eigenvalue weighted by Crippen LogP contribution is -2.13. The standard InChI is InChI=1S/C16H18N4O3/c1-3-23-13(22)7-20-12-5-4-10(9(2)21)6-11(12)14-15(17)18-8-19-16(14)20/h4-6,8-9,21H,3,7H2,1-2H3,(H2,17,18,19). The summed E-state index contributed by atoms with van der Waals surface area (Å²) < 4.78 is 6.79. The molecule has 0 fully saturated rings. The van der Waals surface area contributed by atoms with E-state index in [1.54, 1.807) is 18.4 Å². The second-order valence-corrected chi connectivity index (χ2v) is 5.30. The topological polar surface area (TPSA) is 103 Å². The van der Waals surface area contributed by atoms with Gasteiger partial charge in [-0.3, -0.25) is 4.79 Å². The summed E-state index contributed by atoms with van der Waals surface area (Å²) in [4.78, 5) is 20.2. The van der Waals surface area contributed by atoms with Crippen LogP contribution in [-0.4, -0.2) is 32.2 Å². The molecule has 0 saturated carbocycles. The molecule has 0 aliphatic carbocycles. The van der Waals surface area contributed by atoms with E-state index >= 15 is 0 Å². The minimum absolute atomic E-state index is 0.0400. The highest BCUT2D eigenvalue weighted by Crippen LogP contribution is 2.32. The van der Waals surface area contributed by atoms with Crippen LogP contribution in [0.2, 0.25) is 0 Å². The fourth-order valence-corrected chi connectivity index (χ4v) is 2.71. The molecule has 0 radical (unpaired) electrons. The normalized spacial score (nSPS) is 12.7. The molecule has 23 heavy (non-hydrogen) atoms. The number of nitrogen functional groups attached to an aromatic ring is 1. The number of carbonyl (C=O) groups is 1. The van der Waals surface area contributed by atoms with E-state index in [9.17, 15) is 9.90 Å². The number of esters is 1. The maximum Gasteiger partial charge on any atom is 0.326 e. The Kier molecular flexibility index (Phi) is 3.87. The molecule has 1 unspecified atom stereocenters. The Labute approximate surface area is 132 Å². The number of benzene rings is 1. The Morgan fingerprint density at radius 1 is 1.43 bits per heavy atom. The third-order valence-corrected chi connectivity index (χ3v) is 3.77. The predicted octanol–water partition coefficient (Wildman–Crippen LogP) is 1.78. The molecule has 0 spiro atoms. The fourth-order valence-electron chi connectivity index (χ4n) is 2.71. The summed E-state index contributed by atoms with van der Waals surface area (Å²) >= 11 is 0. The van der Waals surface area contributed by atoms with E-state index in [0.29, 0.717) is 23.5 Å². The summed E-state index contributed by atoms with van der Waals surface area (Å²) in [5.74, 6) is -0.00608. The summed E-state index contributed by atoms with van der Waals surface area (Å²) in [6.45, 7) is 3.81. The maximum absolute atomic E-state index is 11.9. The van der Waals surface area contributed by atoms with Crippen molar-refractivity contribution in [2.24, 2.45) is 0 Å². The van der Waals surface area contributed by atoms with Crippen molar-refractivity contribution in [3.05, 3.63) is 30.1 Å². The molecule has 1 atom stereocenters. The Morgan fingerprint density at radius 2 is 2.22 bits per heavy atom. The SMILES string of the molecule is CCOC(=O)Cn1c2ccc(C(C)O)cc2c2c(N)ncnc21. The lowest BCUT2D eigenvalue weighted by Gasteiger charge is -2.07. The summed E-state index contributed by atoms with van der Waals surface area (Å²) in [5.41, 5.74) is 8.14. The smallest absolute Gasteiger partial charge is 0.326 e. The van der Waals surface area contributed by atoms with Gasteiger partial charge in [-0.2, -0.15) is 0 Å². The van der Waals surface area contributed by atoms with Crippen molar-refractivity contribution in [2.75, 3.05) is 12.3 Å². The molecular weight excluding hydrogens is 296 g/mol. The highest BCUT2D eigenvalue weighted by atomic mass is 16.5. The van der Waals surface area contributed by atoms with Crippen LogP contribution in [-0.2, 0) is 16.1 Å². The van der Waals surface area contributed by atoms with Gasteiger partial charge in [0.2, 0.25) is 0 Å². The van der Waals surface area contributed by atoms with Gasteiger partial charge in [-0.05, 0) is 31.5 Å². The van der Waals surface area contributed by atoms with Gasteiger partial charge >= 0.3 is 5.97 Å². The molecule has 0 aliphatic rings. The van der Waals surface area contributed by atoms with E-state index in [2.05, 4.69) is 9.97 Å².